The molecule has 6 heteroatoms. The van der Waals surface area contributed by atoms with E-state index >= 15 is 0 Å². The molecule has 0 aliphatic heterocycles. The van der Waals surface area contributed by atoms with E-state index in [0.29, 0.717) is 25.0 Å². The molecule has 0 heterocycles. The summed E-state index contributed by atoms with van der Waals surface area (Å²) in [5, 5.41) is 2.52. The van der Waals surface area contributed by atoms with Crippen LogP contribution in [0.25, 0.3) is 0 Å². The van der Waals surface area contributed by atoms with E-state index < -0.39 is 24.0 Å². The number of carbonyl (C=O) groups excluding carboxylic acids is 1. The third-order valence-corrected chi connectivity index (χ3v) is 4.59. The summed E-state index contributed by atoms with van der Waals surface area (Å²) >= 11 is 0. The van der Waals surface area contributed by atoms with E-state index in [0.717, 1.165) is 5.56 Å². The van der Waals surface area contributed by atoms with Crippen molar-refractivity contribution in [3.8, 4) is 5.75 Å². The Bertz CT molecular complexity index is 593. The van der Waals surface area contributed by atoms with E-state index in [2.05, 4.69) is 5.32 Å². The molecule has 0 bridgehead atoms. The first-order valence-corrected chi connectivity index (χ1v) is 8.67. The van der Waals surface area contributed by atoms with Gasteiger partial charge in [0.2, 0.25) is 0 Å². The Labute approximate surface area is 146 Å². The van der Waals surface area contributed by atoms with Crippen molar-refractivity contribution in [2.45, 2.75) is 64.1 Å². The number of alkyl halides is 3. The molecule has 3 nitrogen and oxygen atoms in total. The van der Waals surface area contributed by atoms with Gasteiger partial charge in [0.1, 0.15) is 5.75 Å². The third-order valence-electron chi connectivity index (χ3n) is 4.59. The number of benzene rings is 1. The lowest BCUT2D eigenvalue weighted by molar-refractivity contribution is -0.189. The van der Waals surface area contributed by atoms with Crippen molar-refractivity contribution >= 4 is 5.91 Å². The zero-order valence-corrected chi connectivity index (χ0v) is 15.0. The largest absolute Gasteiger partial charge is 0.483 e. The van der Waals surface area contributed by atoms with Gasteiger partial charge in [-0.3, -0.25) is 4.79 Å². The van der Waals surface area contributed by atoms with Crippen molar-refractivity contribution in [3.63, 3.8) is 0 Å². The van der Waals surface area contributed by atoms with Gasteiger partial charge in [0.25, 0.3) is 5.91 Å². The Morgan fingerprint density at radius 1 is 1.16 bits per heavy atom. The first kappa shape index (κ1) is 19.6. The van der Waals surface area contributed by atoms with E-state index in [1.165, 1.54) is 0 Å². The molecule has 0 spiro atoms. The Balaban J connectivity index is 1.97. The van der Waals surface area contributed by atoms with Gasteiger partial charge < -0.3 is 10.1 Å². The molecule has 1 aromatic carbocycles. The highest BCUT2D eigenvalue weighted by Crippen LogP contribution is 2.37. The monoisotopic (exact) mass is 357 g/mol. The molecule has 1 fully saturated rings. The molecule has 2 atom stereocenters. The molecule has 1 amide bonds. The van der Waals surface area contributed by atoms with Crippen LogP contribution in [0.3, 0.4) is 0 Å². The minimum atomic E-state index is -4.28. The van der Waals surface area contributed by atoms with Gasteiger partial charge in [-0.15, -0.1) is 0 Å². The Morgan fingerprint density at radius 3 is 2.44 bits per heavy atom. The van der Waals surface area contributed by atoms with Crippen molar-refractivity contribution in [1.29, 1.82) is 0 Å². The van der Waals surface area contributed by atoms with Crippen LogP contribution in [0.4, 0.5) is 13.2 Å². The average molecular weight is 357 g/mol. The van der Waals surface area contributed by atoms with Gasteiger partial charge in [-0.05, 0) is 29.9 Å². The SMILES string of the molecule is CC(C)(C)c1ccccc1OCC(=O)NC1CCCCC1C(F)(F)F. The average Bonchev–Trinajstić information content (AvgIpc) is 2.52. The predicted octanol–water partition coefficient (Wildman–Crippen LogP) is 4.60. The van der Waals surface area contributed by atoms with Crippen LogP contribution in [-0.4, -0.2) is 24.7 Å². The normalized spacial score (nSPS) is 21.7. The number of hydrogen-bond acceptors (Lipinski definition) is 2. The van der Waals surface area contributed by atoms with Crippen LogP contribution in [0.1, 0.15) is 52.0 Å². The van der Waals surface area contributed by atoms with Gasteiger partial charge in [-0.2, -0.15) is 13.2 Å². The number of carbonyl (C=O) groups is 1. The summed E-state index contributed by atoms with van der Waals surface area (Å²) in [6, 6.07) is 6.54. The lowest BCUT2D eigenvalue weighted by atomic mass is 9.84. The zero-order valence-electron chi connectivity index (χ0n) is 15.0. The molecule has 140 valence electrons. The maximum atomic E-state index is 13.1. The standard InChI is InChI=1S/C19H26F3NO2/c1-18(2,3)14-9-5-7-11-16(14)25-12-17(24)23-15-10-6-4-8-13(15)19(20,21)22/h5,7,9,11,13,15H,4,6,8,10,12H2,1-3H3,(H,23,24). The number of ether oxygens (including phenoxy) is 1. The molecule has 1 aliphatic carbocycles. The maximum absolute atomic E-state index is 13.1. The Kier molecular flexibility index (Phi) is 6.01. The second-order valence-electron chi connectivity index (χ2n) is 7.64. The van der Waals surface area contributed by atoms with Crippen LogP contribution in [0.5, 0.6) is 5.75 Å². The quantitative estimate of drug-likeness (QED) is 0.855. The summed E-state index contributed by atoms with van der Waals surface area (Å²) < 4.78 is 44.9. The zero-order chi connectivity index (χ0) is 18.7. The molecule has 2 rings (SSSR count). The molecule has 0 saturated heterocycles. The van der Waals surface area contributed by atoms with E-state index in [-0.39, 0.29) is 18.4 Å². The number of amides is 1. The van der Waals surface area contributed by atoms with Crippen molar-refractivity contribution in [2.24, 2.45) is 5.92 Å². The van der Waals surface area contributed by atoms with E-state index in [9.17, 15) is 18.0 Å². The smallest absolute Gasteiger partial charge is 0.393 e. The first-order valence-electron chi connectivity index (χ1n) is 8.67. The second-order valence-corrected chi connectivity index (χ2v) is 7.64. The Hall–Kier alpha value is -1.72. The fourth-order valence-corrected chi connectivity index (χ4v) is 3.30. The predicted molar refractivity (Wildman–Crippen MR) is 90.6 cm³/mol. The molecular formula is C19H26F3NO2. The van der Waals surface area contributed by atoms with Gasteiger partial charge in [-0.1, -0.05) is 51.8 Å². The van der Waals surface area contributed by atoms with Gasteiger partial charge in [0.05, 0.1) is 5.92 Å². The summed E-state index contributed by atoms with van der Waals surface area (Å²) in [5.41, 5.74) is 0.797. The van der Waals surface area contributed by atoms with Crippen LogP contribution >= 0.6 is 0 Å². The van der Waals surface area contributed by atoms with Crippen LogP contribution in [0.2, 0.25) is 0 Å². The number of para-hydroxylation sites is 1. The summed E-state index contributed by atoms with van der Waals surface area (Å²) in [7, 11) is 0. The fraction of sp³-hybridized carbons (Fsp3) is 0.632. The summed E-state index contributed by atoms with van der Waals surface area (Å²) in [5.74, 6) is -1.39. The second kappa shape index (κ2) is 7.67. The van der Waals surface area contributed by atoms with Gasteiger partial charge >= 0.3 is 6.18 Å². The lowest BCUT2D eigenvalue weighted by Gasteiger charge is -2.33. The molecule has 1 aromatic rings. The van der Waals surface area contributed by atoms with Gasteiger partial charge in [0, 0.05) is 6.04 Å². The van der Waals surface area contributed by atoms with Crippen LogP contribution < -0.4 is 10.1 Å². The van der Waals surface area contributed by atoms with Crippen LogP contribution in [0.15, 0.2) is 24.3 Å². The number of nitrogens with one attached hydrogen (secondary N) is 1. The van der Waals surface area contributed by atoms with Crippen molar-refractivity contribution < 1.29 is 22.7 Å². The highest BCUT2D eigenvalue weighted by Gasteiger charge is 2.45. The molecule has 25 heavy (non-hydrogen) atoms. The molecule has 2 unspecified atom stereocenters. The number of halogens is 3. The van der Waals surface area contributed by atoms with Crippen molar-refractivity contribution in [2.75, 3.05) is 6.61 Å². The topological polar surface area (TPSA) is 38.3 Å². The first-order chi connectivity index (χ1) is 11.6. The highest BCUT2D eigenvalue weighted by molar-refractivity contribution is 5.78. The van der Waals surface area contributed by atoms with Crippen molar-refractivity contribution in [1.82, 2.24) is 5.32 Å². The van der Waals surface area contributed by atoms with Crippen LogP contribution in [-0.2, 0) is 10.2 Å². The van der Waals surface area contributed by atoms with Gasteiger partial charge in [0.15, 0.2) is 6.61 Å². The number of hydrogen-bond donors (Lipinski definition) is 1. The Morgan fingerprint density at radius 2 is 1.80 bits per heavy atom. The number of rotatable bonds is 4. The van der Waals surface area contributed by atoms with Gasteiger partial charge in [-0.25, -0.2) is 0 Å². The van der Waals surface area contributed by atoms with Crippen molar-refractivity contribution in [3.05, 3.63) is 29.8 Å². The van der Waals surface area contributed by atoms with E-state index in [1.54, 1.807) is 6.07 Å². The maximum Gasteiger partial charge on any atom is 0.393 e. The van der Waals surface area contributed by atoms with E-state index in [4.69, 9.17) is 4.74 Å². The molecule has 1 N–H and O–H groups in total. The summed E-state index contributed by atoms with van der Waals surface area (Å²) in [4.78, 5) is 12.1. The summed E-state index contributed by atoms with van der Waals surface area (Å²) in [6.45, 7) is 5.82. The van der Waals surface area contributed by atoms with E-state index in [1.807, 2.05) is 39.0 Å². The highest BCUT2D eigenvalue weighted by atomic mass is 19.4. The molecule has 1 aliphatic rings. The minimum absolute atomic E-state index is 0.0716. The minimum Gasteiger partial charge on any atom is -0.483 e. The summed E-state index contributed by atoms with van der Waals surface area (Å²) in [6.07, 6.45) is -2.61. The molecule has 0 aromatic heterocycles. The third kappa shape index (κ3) is 5.38. The molecule has 0 radical (unpaired) electrons. The lowest BCUT2D eigenvalue weighted by Crippen LogP contribution is -2.48. The van der Waals surface area contributed by atoms with Crippen LogP contribution in [0, 0.1) is 5.92 Å². The molecular weight excluding hydrogens is 331 g/mol. The molecule has 1 saturated carbocycles. The fourth-order valence-electron chi connectivity index (χ4n) is 3.30.